The van der Waals surface area contributed by atoms with E-state index in [2.05, 4.69) is 18.4 Å². The van der Waals surface area contributed by atoms with E-state index >= 15 is 0 Å². The Morgan fingerprint density at radius 2 is 2.17 bits per heavy atom. The lowest BCUT2D eigenvalue weighted by Crippen LogP contribution is -2.57. The monoisotopic (exact) mass is 414 g/mol. The van der Waals surface area contributed by atoms with Gasteiger partial charge in [-0.3, -0.25) is 4.90 Å². The highest BCUT2D eigenvalue weighted by Crippen LogP contribution is 2.50. The summed E-state index contributed by atoms with van der Waals surface area (Å²) in [6.45, 7) is 9.75. The van der Waals surface area contributed by atoms with E-state index in [1.165, 1.54) is 7.11 Å². The summed E-state index contributed by atoms with van der Waals surface area (Å²) in [6.07, 6.45) is 4.20. The van der Waals surface area contributed by atoms with Crippen LogP contribution in [0.2, 0.25) is 0 Å². The number of methoxy groups -OCH3 is 2. The lowest BCUT2D eigenvalue weighted by Gasteiger charge is -2.52. The number of piperidine rings is 2. The molecule has 0 unspecified atom stereocenters. The number of fused-ring (bicyclic) bond motifs is 1. The van der Waals surface area contributed by atoms with Gasteiger partial charge in [-0.05, 0) is 49.3 Å². The zero-order valence-electron chi connectivity index (χ0n) is 18.5. The van der Waals surface area contributed by atoms with Gasteiger partial charge in [0.05, 0.1) is 19.8 Å². The van der Waals surface area contributed by atoms with Crippen LogP contribution >= 0.6 is 0 Å². The first-order valence-corrected chi connectivity index (χ1v) is 10.6. The van der Waals surface area contributed by atoms with E-state index in [9.17, 15) is 9.90 Å². The van der Waals surface area contributed by atoms with Crippen molar-refractivity contribution in [3.63, 3.8) is 0 Å². The van der Waals surface area contributed by atoms with Gasteiger partial charge in [0, 0.05) is 30.4 Å². The third-order valence-electron chi connectivity index (χ3n) is 6.98. The molecule has 2 saturated heterocycles. The normalized spacial score (nSPS) is 30.6. The predicted molar refractivity (Wildman–Crippen MR) is 118 cm³/mol. The Morgan fingerprint density at radius 1 is 1.43 bits per heavy atom. The zero-order chi connectivity index (χ0) is 22.1. The first-order valence-electron chi connectivity index (χ1n) is 10.6. The molecule has 6 heteroatoms. The Balaban J connectivity index is 2.02. The highest BCUT2D eigenvalue weighted by Gasteiger charge is 2.50. The highest BCUT2D eigenvalue weighted by molar-refractivity contribution is 5.88. The maximum absolute atomic E-state index is 12.2. The Hall–Kier alpha value is -2.31. The van der Waals surface area contributed by atoms with Gasteiger partial charge in [0.1, 0.15) is 11.4 Å². The van der Waals surface area contributed by atoms with Gasteiger partial charge in [0.15, 0.2) is 0 Å². The quantitative estimate of drug-likeness (QED) is 0.333. The van der Waals surface area contributed by atoms with Crippen LogP contribution in [0.15, 0.2) is 42.0 Å². The van der Waals surface area contributed by atoms with Crippen LogP contribution in [0.1, 0.15) is 38.7 Å². The summed E-state index contributed by atoms with van der Waals surface area (Å²) in [7, 11) is 2.99. The zero-order valence-corrected chi connectivity index (χ0v) is 18.5. The molecule has 0 aromatic heterocycles. The smallest absolute Gasteiger partial charge is 0.333 e. The number of nitrogen functional groups attached to an aromatic ring is 1. The number of hydrogen-bond donors (Lipinski definition) is 2. The van der Waals surface area contributed by atoms with Crippen molar-refractivity contribution >= 4 is 11.7 Å². The minimum absolute atomic E-state index is 0.00716. The summed E-state index contributed by atoms with van der Waals surface area (Å²) < 4.78 is 10.5. The number of aliphatic hydroxyl groups is 1. The number of nitrogens with two attached hydrogens (primary N) is 1. The molecular formula is C24H34N2O4. The predicted octanol–water partition coefficient (Wildman–Crippen LogP) is 3.26. The maximum Gasteiger partial charge on any atom is 0.333 e. The summed E-state index contributed by atoms with van der Waals surface area (Å²) >= 11 is 0. The molecule has 4 atom stereocenters. The van der Waals surface area contributed by atoms with Crippen molar-refractivity contribution in [3.8, 4) is 5.75 Å². The maximum atomic E-state index is 12.2. The number of ether oxygens (including phenoxy) is 2. The Labute approximate surface area is 179 Å². The standard InChI is InChI=1S/C24H34N2O4/c1-6-16-14-26-12-11-24(28,22-19(25)9-8-10-21(22)29-4)18(7-2)20(26)13-17(16)15(3)23(27)30-5/h7-10,16-17,20,28H,3,6,11-14,25H2,1-2,4-5H3/b18-7-/t16-,17-,20+,24-/m1/s1. The summed E-state index contributed by atoms with van der Waals surface area (Å²) in [5, 5.41) is 12.0. The first-order chi connectivity index (χ1) is 14.3. The molecule has 2 fully saturated rings. The van der Waals surface area contributed by atoms with Crippen LogP contribution in [0.5, 0.6) is 5.75 Å². The molecule has 2 aliphatic rings. The number of anilines is 1. The van der Waals surface area contributed by atoms with Crippen LogP contribution in [0.3, 0.4) is 0 Å². The molecule has 0 radical (unpaired) electrons. The van der Waals surface area contributed by atoms with E-state index in [1.807, 2.05) is 25.1 Å². The number of esters is 1. The van der Waals surface area contributed by atoms with Crippen LogP contribution in [0, 0.1) is 11.8 Å². The molecular weight excluding hydrogens is 380 g/mol. The summed E-state index contributed by atoms with van der Waals surface area (Å²) in [6, 6.07) is 5.45. The van der Waals surface area contributed by atoms with Crippen LogP contribution in [0.4, 0.5) is 5.69 Å². The fraction of sp³-hybridized carbons (Fsp3) is 0.542. The molecule has 3 rings (SSSR count). The second-order valence-corrected chi connectivity index (χ2v) is 8.32. The van der Waals surface area contributed by atoms with E-state index in [0.717, 1.165) is 25.1 Å². The minimum Gasteiger partial charge on any atom is -0.496 e. The molecule has 0 saturated carbocycles. The summed E-state index contributed by atoms with van der Waals surface area (Å²) in [4.78, 5) is 14.6. The molecule has 0 bridgehead atoms. The van der Waals surface area contributed by atoms with Crippen LogP contribution in [-0.2, 0) is 15.1 Å². The lowest BCUT2D eigenvalue weighted by molar-refractivity contribution is -0.137. The highest BCUT2D eigenvalue weighted by atomic mass is 16.5. The average molecular weight is 415 g/mol. The minimum atomic E-state index is -1.22. The van der Waals surface area contributed by atoms with Gasteiger partial charge in [-0.1, -0.05) is 32.1 Å². The first kappa shape index (κ1) is 22.4. The van der Waals surface area contributed by atoms with Gasteiger partial charge >= 0.3 is 5.97 Å². The molecule has 6 nitrogen and oxygen atoms in total. The summed E-state index contributed by atoms with van der Waals surface area (Å²) in [5.74, 6) is 0.571. The third kappa shape index (κ3) is 3.63. The molecule has 2 heterocycles. The van der Waals surface area contributed by atoms with Crippen LogP contribution < -0.4 is 10.5 Å². The second kappa shape index (κ2) is 8.82. The van der Waals surface area contributed by atoms with E-state index in [-0.39, 0.29) is 17.9 Å². The SMILES string of the molecule is C=C(C(=O)OC)[C@H]1C[C@H]2/C(=C/C)[C@@](O)(c3c(N)cccc3OC)CCN2C[C@H]1CC. The Kier molecular flexibility index (Phi) is 6.58. The van der Waals surface area contributed by atoms with Crippen molar-refractivity contribution in [3.05, 3.63) is 47.6 Å². The fourth-order valence-corrected chi connectivity index (χ4v) is 5.42. The molecule has 2 aliphatic heterocycles. The van der Waals surface area contributed by atoms with Crippen molar-refractivity contribution in [2.75, 3.05) is 33.0 Å². The van der Waals surface area contributed by atoms with E-state index in [1.54, 1.807) is 13.2 Å². The van der Waals surface area contributed by atoms with Crippen LogP contribution in [0.25, 0.3) is 0 Å². The topological polar surface area (TPSA) is 85.0 Å². The molecule has 1 aromatic rings. The molecule has 0 spiro atoms. The molecule has 3 N–H and O–H groups in total. The number of carbonyl (C=O) groups is 1. The van der Waals surface area contributed by atoms with E-state index in [0.29, 0.717) is 41.3 Å². The number of rotatable bonds is 5. The Morgan fingerprint density at radius 3 is 2.77 bits per heavy atom. The largest absolute Gasteiger partial charge is 0.496 e. The molecule has 0 amide bonds. The molecule has 1 aromatic carbocycles. The molecule has 164 valence electrons. The molecule has 30 heavy (non-hydrogen) atoms. The van der Waals surface area contributed by atoms with Crippen molar-refractivity contribution in [1.29, 1.82) is 0 Å². The van der Waals surface area contributed by atoms with Gasteiger partial charge in [0.2, 0.25) is 0 Å². The second-order valence-electron chi connectivity index (χ2n) is 8.32. The number of nitrogens with zero attached hydrogens (tertiary/aromatic N) is 1. The molecule has 0 aliphatic carbocycles. The number of allylic oxidation sites excluding steroid dienone is 1. The van der Waals surface area contributed by atoms with Gasteiger partial charge in [-0.2, -0.15) is 0 Å². The van der Waals surface area contributed by atoms with Crippen molar-refractivity contribution in [1.82, 2.24) is 4.90 Å². The van der Waals surface area contributed by atoms with Crippen LogP contribution in [-0.4, -0.2) is 49.3 Å². The van der Waals surface area contributed by atoms with Gasteiger partial charge in [-0.25, -0.2) is 4.79 Å². The summed E-state index contributed by atoms with van der Waals surface area (Å²) in [5.41, 5.74) is 7.67. The number of carbonyl (C=O) groups excluding carboxylic acids is 1. The lowest BCUT2D eigenvalue weighted by atomic mass is 9.68. The van der Waals surface area contributed by atoms with Gasteiger partial charge in [0.25, 0.3) is 0 Å². The van der Waals surface area contributed by atoms with Crippen molar-refractivity contribution in [2.45, 2.75) is 44.8 Å². The van der Waals surface area contributed by atoms with Crippen molar-refractivity contribution < 1.29 is 19.4 Å². The van der Waals surface area contributed by atoms with Gasteiger partial charge in [-0.15, -0.1) is 0 Å². The number of hydrogen-bond acceptors (Lipinski definition) is 6. The number of benzene rings is 1. The third-order valence-corrected chi connectivity index (χ3v) is 6.98. The van der Waals surface area contributed by atoms with Gasteiger partial charge < -0.3 is 20.3 Å². The van der Waals surface area contributed by atoms with E-state index in [4.69, 9.17) is 15.2 Å². The van der Waals surface area contributed by atoms with E-state index < -0.39 is 5.60 Å². The average Bonchev–Trinajstić information content (AvgIpc) is 2.76. The van der Waals surface area contributed by atoms with Crippen molar-refractivity contribution in [2.24, 2.45) is 11.8 Å². The Bertz CT molecular complexity index is 850. The fourth-order valence-electron chi connectivity index (χ4n) is 5.42.